The van der Waals surface area contributed by atoms with Crippen LogP contribution < -0.4 is 20.1 Å². The van der Waals surface area contributed by atoms with E-state index in [-0.39, 0.29) is 34.4 Å². The molecule has 2 aromatic carbocycles. The maximum Gasteiger partial charge on any atom is 0.410 e. The average molecular weight is 481 g/mol. The van der Waals surface area contributed by atoms with Crippen LogP contribution in [0, 0.1) is 0 Å². The molecule has 7 nitrogen and oxygen atoms in total. The summed E-state index contributed by atoms with van der Waals surface area (Å²) in [4.78, 5) is 12.9. The number of aromatic nitrogens is 2. The first-order chi connectivity index (χ1) is 15.7. The van der Waals surface area contributed by atoms with Gasteiger partial charge in [-0.2, -0.15) is 18.3 Å². The van der Waals surface area contributed by atoms with Crippen LogP contribution in [-0.4, -0.2) is 36.1 Å². The first kappa shape index (κ1) is 22.8. The van der Waals surface area contributed by atoms with Crippen molar-refractivity contribution in [2.75, 3.05) is 24.9 Å². The highest BCUT2D eigenvalue weighted by molar-refractivity contribution is 6.32. The third-order valence-corrected chi connectivity index (χ3v) is 5.64. The number of ether oxygens (including phenoxy) is 2. The van der Waals surface area contributed by atoms with Gasteiger partial charge in [-0.05, 0) is 5.56 Å². The van der Waals surface area contributed by atoms with E-state index < -0.39 is 24.2 Å². The number of nitrogens with one attached hydrogen (secondary N) is 2. The number of hydrogen-bond acceptors (Lipinski definition) is 5. The van der Waals surface area contributed by atoms with Crippen molar-refractivity contribution in [1.82, 2.24) is 9.78 Å². The first-order valence-electron chi connectivity index (χ1n) is 9.92. The second kappa shape index (κ2) is 8.86. The Morgan fingerprint density at radius 3 is 2.48 bits per heavy atom. The lowest BCUT2D eigenvalue weighted by atomic mass is 9.97. The van der Waals surface area contributed by atoms with E-state index in [4.69, 9.17) is 21.1 Å². The molecule has 1 aliphatic rings. The summed E-state index contributed by atoms with van der Waals surface area (Å²) in [6.45, 7) is 0. The van der Waals surface area contributed by atoms with Crippen LogP contribution in [0.3, 0.4) is 0 Å². The summed E-state index contributed by atoms with van der Waals surface area (Å²) in [5.74, 6) is -0.0586. The van der Waals surface area contributed by atoms with Gasteiger partial charge in [-0.1, -0.05) is 41.9 Å². The SMILES string of the molecule is COc1cc(NC(=O)c2cc3n(n2)[C@@H](C(F)(F)F)C[C@@H](c2ccccc2)N3)c(OC)cc1Cl. The van der Waals surface area contributed by atoms with E-state index >= 15 is 0 Å². The lowest BCUT2D eigenvalue weighted by Gasteiger charge is -2.33. The van der Waals surface area contributed by atoms with Crippen LogP contribution in [0.5, 0.6) is 11.5 Å². The van der Waals surface area contributed by atoms with Gasteiger partial charge in [-0.15, -0.1) is 0 Å². The van der Waals surface area contributed by atoms with Crippen molar-refractivity contribution in [3.63, 3.8) is 0 Å². The maximum absolute atomic E-state index is 13.9. The fraction of sp³-hybridized carbons (Fsp3) is 0.273. The molecule has 0 unspecified atom stereocenters. The smallest absolute Gasteiger partial charge is 0.410 e. The lowest BCUT2D eigenvalue weighted by molar-refractivity contribution is -0.173. The van der Waals surface area contributed by atoms with Crippen LogP contribution in [0.2, 0.25) is 5.02 Å². The Hall–Kier alpha value is -3.40. The number of carbonyl (C=O) groups is 1. The summed E-state index contributed by atoms with van der Waals surface area (Å²) in [6.07, 6.45) is -4.80. The number of amides is 1. The van der Waals surface area contributed by atoms with Crippen LogP contribution >= 0.6 is 11.6 Å². The molecule has 0 fully saturated rings. The molecule has 1 aliphatic heterocycles. The standard InChI is InChI=1S/C22H20ClF3N4O3/c1-32-17-9-15(18(33-2)8-13(17)23)28-21(31)16-11-20-27-14(12-6-4-3-5-7-12)10-19(22(24,25)26)30(20)29-16/h3-9,11,14,19,27H,10H2,1-2H3,(H,28,31)/t14-,19+/m0/s1. The van der Waals surface area contributed by atoms with Gasteiger partial charge in [0.2, 0.25) is 0 Å². The normalized spacial score (nSPS) is 17.6. The number of methoxy groups -OCH3 is 2. The molecule has 4 rings (SSSR count). The molecule has 0 radical (unpaired) electrons. The van der Waals surface area contributed by atoms with Gasteiger partial charge in [0, 0.05) is 24.6 Å². The summed E-state index contributed by atoms with van der Waals surface area (Å²) in [5.41, 5.74) is 0.761. The first-order valence-corrected chi connectivity index (χ1v) is 10.3. The van der Waals surface area contributed by atoms with E-state index in [0.717, 1.165) is 4.68 Å². The van der Waals surface area contributed by atoms with Crippen molar-refractivity contribution in [1.29, 1.82) is 0 Å². The van der Waals surface area contributed by atoms with Crippen molar-refractivity contribution in [3.05, 3.63) is 64.8 Å². The Bertz CT molecular complexity index is 1170. The van der Waals surface area contributed by atoms with E-state index in [0.29, 0.717) is 11.3 Å². The Kier molecular flexibility index (Phi) is 6.11. The summed E-state index contributed by atoms with van der Waals surface area (Å²) in [7, 11) is 2.81. The van der Waals surface area contributed by atoms with E-state index in [1.54, 1.807) is 30.3 Å². The molecule has 0 saturated carbocycles. The van der Waals surface area contributed by atoms with Gasteiger partial charge in [0.05, 0.1) is 31.0 Å². The number of rotatable bonds is 5. The van der Waals surface area contributed by atoms with Crippen LogP contribution in [0.15, 0.2) is 48.5 Å². The Balaban J connectivity index is 1.66. The third-order valence-electron chi connectivity index (χ3n) is 5.35. The van der Waals surface area contributed by atoms with Crippen LogP contribution in [0.4, 0.5) is 24.7 Å². The molecule has 1 aromatic heterocycles. The predicted molar refractivity (Wildman–Crippen MR) is 117 cm³/mol. The molecule has 174 valence electrons. The summed E-state index contributed by atoms with van der Waals surface area (Å²) >= 11 is 6.08. The number of halogens is 4. The van der Waals surface area contributed by atoms with Crippen molar-refractivity contribution < 1.29 is 27.4 Å². The molecule has 0 bridgehead atoms. The molecular weight excluding hydrogens is 461 g/mol. The van der Waals surface area contributed by atoms with Crippen molar-refractivity contribution >= 4 is 29.0 Å². The molecule has 11 heteroatoms. The van der Waals surface area contributed by atoms with E-state index in [9.17, 15) is 18.0 Å². The zero-order chi connectivity index (χ0) is 23.8. The molecule has 2 atom stereocenters. The van der Waals surface area contributed by atoms with Crippen molar-refractivity contribution in [3.8, 4) is 11.5 Å². The predicted octanol–water partition coefficient (Wildman–Crippen LogP) is 5.47. The topological polar surface area (TPSA) is 77.4 Å². The fourth-order valence-electron chi connectivity index (χ4n) is 3.73. The zero-order valence-corrected chi connectivity index (χ0v) is 18.4. The summed E-state index contributed by atoms with van der Waals surface area (Å²) < 4.78 is 52.8. The van der Waals surface area contributed by atoms with E-state index in [2.05, 4.69) is 15.7 Å². The highest BCUT2D eigenvalue weighted by atomic mass is 35.5. The second-order valence-electron chi connectivity index (χ2n) is 7.40. The van der Waals surface area contributed by atoms with Gasteiger partial charge in [-0.3, -0.25) is 4.79 Å². The highest BCUT2D eigenvalue weighted by Crippen LogP contribution is 2.44. The van der Waals surface area contributed by atoms with E-state index in [1.807, 2.05) is 0 Å². The van der Waals surface area contributed by atoms with Gasteiger partial charge in [0.15, 0.2) is 11.7 Å². The highest BCUT2D eigenvalue weighted by Gasteiger charge is 2.46. The molecule has 2 N–H and O–H groups in total. The lowest BCUT2D eigenvalue weighted by Crippen LogP contribution is -2.35. The second-order valence-corrected chi connectivity index (χ2v) is 7.81. The minimum absolute atomic E-state index is 0.100. The van der Waals surface area contributed by atoms with Gasteiger partial charge in [0.1, 0.15) is 17.3 Å². The third kappa shape index (κ3) is 4.56. The van der Waals surface area contributed by atoms with Gasteiger partial charge < -0.3 is 20.1 Å². The molecular formula is C22H20ClF3N4O3. The number of nitrogens with zero attached hydrogens (tertiary/aromatic N) is 2. The van der Waals surface area contributed by atoms with Crippen molar-refractivity contribution in [2.45, 2.75) is 24.7 Å². The number of fused-ring (bicyclic) bond motifs is 1. The average Bonchev–Trinajstić information content (AvgIpc) is 3.23. The molecule has 2 heterocycles. The molecule has 33 heavy (non-hydrogen) atoms. The van der Waals surface area contributed by atoms with Gasteiger partial charge >= 0.3 is 6.18 Å². The molecule has 0 spiro atoms. The molecule has 0 aliphatic carbocycles. The van der Waals surface area contributed by atoms with E-state index in [1.165, 1.54) is 32.4 Å². The molecule has 1 amide bonds. The number of carbonyl (C=O) groups excluding carboxylic acids is 1. The van der Waals surface area contributed by atoms with Crippen LogP contribution in [0.25, 0.3) is 0 Å². The number of hydrogen-bond donors (Lipinski definition) is 2. The summed E-state index contributed by atoms with van der Waals surface area (Å²) in [6, 6.07) is 10.6. The summed E-state index contributed by atoms with van der Waals surface area (Å²) in [5, 5.41) is 9.89. The fourth-order valence-corrected chi connectivity index (χ4v) is 3.96. The number of benzene rings is 2. The molecule has 0 saturated heterocycles. The van der Waals surface area contributed by atoms with Crippen LogP contribution in [0.1, 0.15) is 34.6 Å². The monoisotopic (exact) mass is 480 g/mol. The maximum atomic E-state index is 13.9. The minimum Gasteiger partial charge on any atom is -0.495 e. The zero-order valence-electron chi connectivity index (χ0n) is 17.6. The van der Waals surface area contributed by atoms with Crippen molar-refractivity contribution in [2.24, 2.45) is 0 Å². The largest absolute Gasteiger partial charge is 0.495 e. The quantitative estimate of drug-likeness (QED) is 0.506. The Labute approximate surface area is 192 Å². The van der Waals surface area contributed by atoms with Gasteiger partial charge in [-0.25, -0.2) is 4.68 Å². The van der Waals surface area contributed by atoms with Crippen LogP contribution in [-0.2, 0) is 0 Å². The Morgan fingerprint density at radius 1 is 1.15 bits per heavy atom. The number of alkyl halides is 3. The minimum atomic E-state index is -4.55. The molecule has 3 aromatic rings. The Morgan fingerprint density at radius 2 is 1.85 bits per heavy atom. The number of anilines is 2. The van der Waals surface area contributed by atoms with Gasteiger partial charge in [0.25, 0.3) is 5.91 Å².